The topological polar surface area (TPSA) is 18.5 Å². The standard InChI is InChI=1S/C16H20O2P2/c1-13-9-16(4)19-11-7-5-6-8-12(11)20(16)15(3,18-13)10-14(19,2)17-13/h5-8H,9-10H2,1-4H3/t13?,14-,15+,16?,19?,20?. The summed E-state index contributed by atoms with van der Waals surface area (Å²) in [6, 6.07) is 9.14. The average Bonchev–Trinajstić information content (AvgIpc) is 2.49. The van der Waals surface area contributed by atoms with Gasteiger partial charge in [-0.2, -0.15) is 0 Å². The first-order valence-electron chi connectivity index (χ1n) is 7.40. The zero-order chi connectivity index (χ0) is 14.0. The first-order chi connectivity index (χ1) is 9.30. The molecule has 20 heavy (non-hydrogen) atoms. The highest BCUT2D eigenvalue weighted by Crippen LogP contribution is 2.91. The van der Waals surface area contributed by atoms with Gasteiger partial charge in [-0.25, -0.2) is 0 Å². The Kier molecular flexibility index (Phi) is 1.99. The highest BCUT2D eigenvalue weighted by Gasteiger charge is 2.77. The van der Waals surface area contributed by atoms with E-state index in [4.69, 9.17) is 9.47 Å². The molecule has 2 nitrogen and oxygen atoms in total. The van der Waals surface area contributed by atoms with Crippen LogP contribution in [-0.2, 0) is 9.47 Å². The Labute approximate surface area is 122 Å². The summed E-state index contributed by atoms with van der Waals surface area (Å²) >= 11 is 0. The molecular weight excluding hydrogens is 286 g/mol. The third-order valence-corrected chi connectivity index (χ3v) is 13.2. The van der Waals surface area contributed by atoms with Crippen LogP contribution in [0.3, 0.4) is 0 Å². The van der Waals surface area contributed by atoms with Crippen LogP contribution in [0, 0.1) is 0 Å². The summed E-state index contributed by atoms with van der Waals surface area (Å²) in [5.74, 6) is -0.365. The lowest BCUT2D eigenvalue weighted by Gasteiger charge is -2.70. The van der Waals surface area contributed by atoms with Crippen LogP contribution in [0.4, 0.5) is 0 Å². The molecule has 6 bridgehead atoms. The zero-order valence-electron chi connectivity index (χ0n) is 12.4. The maximum absolute atomic E-state index is 6.53. The van der Waals surface area contributed by atoms with Gasteiger partial charge in [-0.3, -0.25) is 0 Å². The number of ether oxygens (including phenoxy) is 2. The van der Waals surface area contributed by atoms with Gasteiger partial charge in [0.2, 0.25) is 0 Å². The molecule has 6 atom stereocenters. The summed E-state index contributed by atoms with van der Waals surface area (Å²) in [4.78, 5) is 0.404. The van der Waals surface area contributed by atoms with E-state index in [0.29, 0.717) is 4.90 Å². The van der Waals surface area contributed by atoms with Crippen LogP contribution in [0.1, 0.15) is 40.5 Å². The van der Waals surface area contributed by atoms with Crippen molar-refractivity contribution >= 4 is 26.5 Å². The lowest BCUT2D eigenvalue weighted by atomic mass is 10.0. The highest BCUT2D eigenvalue weighted by atomic mass is 31.2. The number of hydrogen-bond acceptors (Lipinski definition) is 2. The normalized spacial score (nSPS) is 58.0. The fourth-order valence-electron chi connectivity index (χ4n) is 5.71. The maximum Gasteiger partial charge on any atom is 0.169 e. The van der Waals surface area contributed by atoms with Crippen molar-refractivity contribution < 1.29 is 9.47 Å². The van der Waals surface area contributed by atoms with Crippen LogP contribution in [-0.4, -0.2) is 21.4 Å². The van der Waals surface area contributed by atoms with Gasteiger partial charge in [0.25, 0.3) is 0 Å². The van der Waals surface area contributed by atoms with Gasteiger partial charge >= 0.3 is 0 Å². The van der Waals surface area contributed by atoms with Crippen molar-refractivity contribution in [1.29, 1.82) is 0 Å². The molecule has 0 saturated carbocycles. The Balaban J connectivity index is 1.87. The fourth-order valence-corrected chi connectivity index (χ4v) is 16.7. The minimum Gasteiger partial charge on any atom is -0.339 e. The van der Waals surface area contributed by atoms with Crippen LogP contribution in [0.2, 0.25) is 0 Å². The first-order valence-corrected chi connectivity index (χ1v) is 10.1. The van der Waals surface area contributed by atoms with Crippen LogP contribution in [0.25, 0.3) is 0 Å². The Morgan fingerprint density at radius 2 is 1.35 bits per heavy atom. The monoisotopic (exact) mass is 306 g/mol. The predicted molar refractivity (Wildman–Crippen MR) is 84.6 cm³/mol. The molecule has 5 heterocycles. The molecule has 4 heteroatoms. The number of fused-ring (bicyclic) bond motifs is 1. The van der Waals surface area contributed by atoms with E-state index in [9.17, 15) is 0 Å². The Bertz CT molecular complexity index is 600. The molecule has 5 aliphatic rings. The summed E-state index contributed by atoms with van der Waals surface area (Å²) in [6.07, 6.45) is 2.13. The predicted octanol–water partition coefficient (Wildman–Crippen LogP) is 3.63. The zero-order valence-corrected chi connectivity index (χ0v) is 14.2. The van der Waals surface area contributed by atoms with Crippen molar-refractivity contribution in [3.05, 3.63) is 24.3 Å². The van der Waals surface area contributed by atoms with Gasteiger partial charge in [0.1, 0.15) is 0 Å². The van der Waals surface area contributed by atoms with Gasteiger partial charge in [0, 0.05) is 17.7 Å². The number of benzene rings is 1. The Hall–Kier alpha value is -0.0000000000000000416. The van der Waals surface area contributed by atoms with E-state index >= 15 is 0 Å². The summed E-state index contributed by atoms with van der Waals surface area (Å²) in [5, 5.41) is 3.20. The third kappa shape index (κ3) is 1.16. The van der Waals surface area contributed by atoms with Gasteiger partial charge in [0.05, 0.1) is 10.7 Å². The smallest absolute Gasteiger partial charge is 0.169 e. The van der Waals surface area contributed by atoms with E-state index in [1.54, 1.807) is 10.6 Å². The molecule has 6 rings (SSSR count). The van der Waals surface area contributed by atoms with Gasteiger partial charge < -0.3 is 9.47 Å². The third-order valence-electron chi connectivity index (χ3n) is 5.46. The summed E-state index contributed by atoms with van der Waals surface area (Å²) in [7, 11) is -0.493. The number of rotatable bonds is 0. The lowest BCUT2D eigenvalue weighted by molar-refractivity contribution is -0.340. The van der Waals surface area contributed by atoms with E-state index in [1.165, 1.54) is 0 Å². The molecule has 0 aromatic heterocycles. The lowest BCUT2D eigenvalue weighted by Crippen LogP contribution is -2.67. The van der Waals surface area contributed by atoms with Gasteiger partial charge in [-0.15, -0.1) is 0 Å². The molecule has 4 fully saturated rings. The molecule has 5 aliphatic heterocycles. The summed E-state index contributed by atoms with van der Waals surface area (Å²) in [6.45, 7) is 9.40. The van der Waals surface area contributed by atoms with E-state index in [0.717, 1.165) is 12.8 Å². The molecule has 1 aromatic carbocycles. The Morgan fingerprint density at radius 3 is 1.85 bits per heavy atom. The van der Waals surface area contributed by atoms with Crippen molar-refractivity contribution in [3.8, 4) is 0 Å². The molecule has 4 unspecified atom stereocenters. The molecule has 106 valence electrons. The SMILES string of the molecule is CC12CC3(C)P4c5ccccc5P3[C@](C)(C[C@@]4(C)O1)O2. The number of hydrogen-bond donors (Lipinski definition) is 0. The van der Waals surface area contributed by atoms with E-state index in [1.807, 2.05) is 0 Å². The average molecular weight is 306 g/mol. The van der Waals surface area contributed by atoms with Crippen molar-refractivity contribution in [3.63, 3.8) is 0 Å². The van der Waals surface area contributed by atoms with Gasteiger partial charge in [-0.05, 0) is 47.2 Å². The van der Waals surface area contributed by atoms with Crippen LogP contribution in [0.5, 0.6) is 0 Å². The second-order valence-corrected chi connectivity index (χ2v) is 13.9. The molecule has 0 spiro atoms. The molecule has 1 aromatic rings. The molecule has 0 N–H and O–H groups in total. The molecule has 4 saturated heterocycles. The Morgan fingerprint density at radius 1 is 0.850 bits per heavy atom. The maximum atomic E-state index is 6.53. The van der Waals surface area contributed by atoms with Crippen LogP contribution < -0.4 is 10.6 Å². The van der Waals surface area contributed by atoms with E-state index < -0.39 is 0 Å². The quantitative estimate of drug-likeness (QED) is 0.681. The molecule has 0 amide bonds. The largest absolute Gasteiger partial charge is 0.339 e. The van der Waals surface area contributed by atoms with Gasteiger partial charge in [0.15, 0.2) is 5.79 Å². The minimum atomic E-state index is -0.365. The van der Waals surface area contributed by atoms with Crippen LogP contribution in [0.15, 0.2) is 24.3 Å². The molecule has 0 radical (unpaired) electrons. The molecule has 0 aliphatic carbocycles. The molecular formula is C16H20O2P2. The summed E-state index contributed by atoms with van der Waals surface area (Å²) in [5.41, 5.74) is 0. The minimum absolute atomic E-state index is 0.00444. The second-order valence-electron chi connectivity index (χ2n) is 7.42. The highest BCUT2D eigenvalue weighted by molar-refractivity contribution is 7.91. The van der Waals surface area contributed by atoms with Crippen molar-refractivity contribution in [2.24, 2.45) is 0 Å². The van der Waals surface area contributed by atoms with Crippen LogP contribution >= 0.6 is 15.8 Å². The fraction of sp³-hybridized carbons (Fsp3) is 0.625. The van der Waals surface area contributed by atoms with Crippen molar-refractivity contribution in [2.45, 2.75) is 61.9 Å². The first kappa shape index (κ1) is 12.5. The van der Waals surface area contributed by atoms with E-state index in [-0.39, 0.29) is 32.3 Å². The van der Waals surface area contributed by atoms with Crippen molar-refractivity contribution in [2.75, 3.05) is 0 Å². The van der Waals surface area contributed by atoms with Gasteiger partial charge in [-0.1, -0.05) is 31.2 Å². The van der Waals surface area contributed by atoms with E-state index in [2.05, 4.69) is 52.0 Å². The summed E-state index contributed by atoms with van der Waals surface area (Å²) < 4.78 is 13.1. The van der Waals surface area contributed by atoms with Crippen molar-refractivity contribution in [1.82, 2.24) is 0 Å². The second kappa shape index (κ2) is 3.18.